The van der Waals surface area contributed by atoms with Crippen LogP contribution in [-0.4, -0.2) is 67.9 Å². The number of nitrogens with zero attached hydrogens (tertiary/aromatic N) is 3. The molecule has 0 bridgehead atoms. The minimum Gasteiger partial charge on any atom is -0.504 e. The van der Waals surface area contributed by atoms with Crippen molar-refractivity contribution >= 4 is 58.6 Å². The summed E-state index contributed by atoms with van der Waals surface area (Å²) >= 11 is 12.5. The minimum absolute atomic E-state index is 0.0361. The molecule has 2 aromatic carbocycles. The zero-order valence-corrected chi connectivity index (χ0v) is 30.5. The molecule has 2 aliphatic carbocycles. The first-order valence-electron chi connectivity index (χ1n) is 17.5. The van der Waals surface area contributed by atoms with Crippen LogP contribution in [0.15, 0.2) is 66.4 Å². The quantitative estimate of drug-likeness (QED) is 0.155. The van der Waals surface area contributed by atoms with Crippen LogP contribution in [0.3, 0.4) is 0 Å². The Morgan fingerprint density at radius 2 is 1.78 bits per heavy atom. The van der Waals surface area contributed by atoms with E-state index in [1.165, 1.54) is 18.2 Å². The molecule has 6 atom stereocenters. The van der Waals surface area contributed by atoms with E-state index in [4.69, 9.17) is 27.9 Å². The van der Waals surface area contributed by atoms with Gasteiger partial charge in [-0.1, -0.05) is 59.1 Å². The number of carbonyl (C=O) groups excluding carboxylic acids is 4. The third-order valence-electron chi connectivity index (χ3n) is 11.1. The number of benzene rings is 2. The molecule has 0 radical (unpaired) electrons. The lowest BCUT2D eigenvalue weighted by molar-refractivity contribution is -0.142. The van der Waals surface area contributed by atoms with Crippen LogP contribution >= 0.6 is 23.2 Å². The number of para-hydroxylation sites is 1. The fourth-order valence-corrected chi connectivity index (χ4v) is 9.18. The number of hydrazine groups is 1. The van der Waals surface area contributed by atoms with Gasteiger partial charge in [-0.3, -0.25) is 34.3 Å². The Kier molecular flexibility index (Phi) is 9.82. The van der Waals surface area contributed by atoms with E-state index >= 15 is 4.79 Å². The summed E-state index contributed by atoms with van der Waals surface area (Å²) in [5.74, 6) is -9.47. The van der Waals surface area contributed by atoms with Gasteiger partial charge in [-0.05, 0) is 61.9 Å². The number of likely N-dealkylation sites (tertiary alicyclic amines) is 1. The number of rotatable bonds is 10. The number of alkyl halides is 3. The fraction of sp³-hybridized carbons (Fsp3) is 0.368. The summed E-state index contributed by atoms with van der Waals surface area (Å²) in [4.78, 5) is 74.0. The van der Waals surface area contributed by atoms with Gasteiger partial charge in [-0.15, -0.1) is 0 Å². The maximum absolute atomic E-state index is 15.3. The van der Waals surface area contributed by atoms with Gasteiger partial charge in [0.1, 0.15) is 0 Å². The van der Waals surface area contributed by atoms with Gasteiger partial charge in [0, 0.05) is 35.7 Å². The predicted molar refractivity (Wildman–Crippen MR) is 190 cm³/mol. The van der Waals surface area contributed by atoms with Gasteiger partial charge in [0.25, 0.3) is 11.8 Å². The van der Waals surface area contributed by atoms with Crippen molar-refractivity contribution in [2.24, 2.45) is 23.7 Å². The van der Waals surface area contributed by atoms with Gasteiger partial charge >= 0.3 is 12.1 Å². The second-order valence-corrected chi connectivity index (χ2v) is 14.7. The number of nitrogens with one attached hydrogen (secondary N) is 1. The third kappa shape index (κ3) is 6.17. The Labute approximate surface area is 321 Å². The van der Waals surface area contributed by atoms with Crippen molar-refractivity contribution in [1.29, 1.82) is 0 Å². The molecule has 1 aromatic heterocycles. The number of hydrogen-bond acceptors (Lipinski definition) is 9. The highest BCUT2D eigenvalue weighted by Crippen LogP contribution is 2.65. The standard InChI is InChI=1S/C38H33Cl2F3N4O8/c1-2-55-27-6-3-5-23(31(27)50)30-21-12-13-22-29(35(53)46(33(22)51)14-4-7-28(48)49)24(21)16-25-34(52)47(36(54)37(25,30)18-8-10-20(39)11-9-18)45-32-26(40)15-19(17-44-32)38(41,42)43/h3,5-6,8-12,15,17,22,24-25,29-30,50H,2,4,7,13-14,16H2,1H3,(H,44,45)(H,48,49). The summed E-state index contributed by atoms with van der Waals surface area (Å²) in [7, 11) is 0. The number of amides is 4. The van der Waals surface area contributed by atoms with Crippen LogP contribution < -0.4 is 10.2 Å². The number of hydrogen-bond donors (Lipinski definition) is 3. The van der Waals surface area contributed by atoms with E-state index in [1.807, 2.05) is 0 Å². The number of aromatic nitrogens is 1. The number of allylic oxidation sites excluding steroid dienone is 2. The molecule has 288 valence electrons. The van der Waals surface area contributed by atoms with Gasteiger partial charge in [0.15, 0.2) is 17.3 Å². The smallest absolute Gasteiger partial charge is 0.417 e. The second kappa shape index (κ2) is 14.2. The van der Waals surface area contributed by atoms with Crippen LogP contribution in [0.25, 0.3) is 0 Å². The van der Waals surface area contributed by atoms with Crippen LogP contribution in [0.5, 0.6) is 11.5 Å². The number of pyridine rings is 1. The summed E-state index contributed by atoms with van der Waals surface area (Å²) in [6.07, 6.45) is -2.78. The Bertz CT molecular complexity index is 2150. The number of aliphatic carboxylic acids is 1. The number of carboxylic acids is 1. The lowest BCUT2D eigenvalue weighted by Crippen LogP contribution is -2.53. The molecule has 0 spiro atoms. The first-order chi connectivity index (χ1) is 26.1. The summed E-state index contributed by atoms with van der Waals surface area (Å²) in [6, 6.07) is 11.5. The van der Waals surface area contributed by atoms with E-state index < -0.39 is 87.2 Å². The first kappa shape index (κ1) is 38.1. The molecule has 3 fully saturated rings. The zero-order valence-electron chi connectivity index (χ0n) is 29.0. The van der Waals surface area contributed by atoms with E-state index in [9.17, 15) is 42.6 Å². The molecular formula is C38H33Cl2F3N4O8. The van der Waals surface area contributed by atoms with E-state index in [2.05, 4.69) is 10.4 Å². The molecule has 12 nitrogen and oxygen atoms in total. The zero-order chi connectivity index (χ0) is 39.6. The molecule has 3 heterocycles. The van der Waals surface area contributed by atoms with Crippen molar-refractivity contribution < 1.29 is 52.1 Å². The van der Waals surface area contributed by atoms with E-state index in [0.717, 1.165) is 4.90 Å². The largest absolute Gasteiger partial charge is 0.504 e. The number of phenols is 1. The van der Waals surface area contributed by atoms with Gasteiger partial charge in [0.05, 0.1) is 40.4 Å². The highest BCUT2D eigenvalue weighted by molar-refractivity contribution is 6.33. The molecule has 2 saturated heterocycles. The molecule has 7 rings (SSSR count). The SMILES string of the molecule is CCOc1cccc(C2C3=CCC4C(=O)N(CCCC(=O)O)C(=O)C4C3CC3C(=O)N(Nc4ncc(C(F)(F)F)cc4Cl)C(=O)C32c2ccc(Cl)cc2)c1O. The third-order valence-corrected chi connectivity index (χ3v) is 11.6. The predicted octanol–water partition coefficient (Wildman–Crippen LogP) is 6.36. The minimum atomic E-state index is -4.78. The van der Waals surface area contributed by atoms with Gasteiger partial charge in [-0.25, -0.2) is 4.98 Å². The molecule has 17 heteroatoms. The van der Waals surface area contributed by atoms with Crippen molar-refractivity contribution in [3.63, 3.8) is 0 Å². The Morgan fingerprint density at radius 1 is 1.05 bits per heavy atom. The lowest BCUT2D eigenvalue weighted by atomic mass is 9.49. The normalized spacial score (nSPS) is 26.1. The van der Waals surface area contributed by atoms with Crippen LogP contribution in [-0.2, 0) is 35.6 Å². The van der Waals surface area contributed by atoms with Crippen LogP contribution in [0, 0.1) is 23.7 Å². The Hall–Kier alpha value is -5.15. The summed E-state index contributed by atoms with van der Waals surface area (Å²) in [5.41, 5.74) is 0.555. The van der Waals surface area contributed by atoms with E-state index in [-0.39, 0.29) is 55.9 Å². The van der Waals surface area contributed by atoms with Crippen LogP contribution in [0.1, 0.15) is 55.2 Å². The maximum atomic E-state index is 15.3. The highest BCUT2D eigenvalue weighted by atomic mass is 35.5. The average molecular weight is 802 g/mol. The van der Waals surface area contributed by atoms with Crippen molar-refractivity contribution in [2.75, 3.05) is 18.6 Å². The number of halogens is 5. The number of aromatic hydroxyl groups is 1. The average Bonchev–Trinajstić information content (AvgIpc) is 3.50. The number of fused-ring (bicyclic) bond motifs is 4. The number of phenolic OH excluding ortho intramolecular Hbond substituents is 1. The number of carboxylic acid groups (broad SMARTS) is 1. The summed E-state index contributed by atoms with van der Waals surface area (Å²) in [5, 5.41) is 21.5. The summed E-state index contributed by atoms with van der Waals surface area (Å²) < 4.78 is 46.1. The van der Waals surface area contributed by atoms with Gasteiger partial charge < -0.3 is 14.9 Å². The number of anilines is 1. The second-order valence-electron chi connectivity index (χ2n) is 13.9. The first-order valence-corrected chi connectivity index (χ1v) is 18.2. The summed E-state index contributed by atoms with van der Waals surface area (Å²) in [6.45, 7) is 1.77. The molecule has 6 unspecified atom stereocenters. The molecule has 3 aromatic rings. The highest BCUT2D eigenvalue weighted by Gasteiger charge is 2.70. The molecule has 1 saturated carbocycles. The molecule has 4 amide bonds. The molecule has 2 aliphatic heterocycles. The molecular weight excluding hydrogens is 768 g/mol. The molecule has 55 heavy (non-hydrogen) atoms. The van der Waals surface area contributed by atoms with Crippen LogP contribution in [0.2, 0.25) is 10.0 Å². The van der Waals surface area contributed by atoms with Crippen molar-refractivity contribution in [3.05, 3.63) is 93.1 Å². The number of ether oxygens (including phenoxy) is 1. The monoisotopic (exact) mass is 800 g/mol. The molecule has 4 aliphatic rings. The van der Waals surface area contributed by atoms with Crippen molar-refractivity contribution in [1.82, 2.24) is 14.9 Å². The topological polar surface area (TPSA) is 166 Å². The van der Waals surface area contributed by atoms with Gasteiger partial charge in [0.2, 0.25) is 11.8 Å². The van der Waals surface area contributed by atoms with E-state index in [0.29, 0.717) is 33.4 Å². The fourth-order valence-electron chi connectivity index (χ4n) is 8.85. The maximum Gasteiger partial charge on any atom is 0.417 e. The van der Waals surface area contributed by atoms with Crippen molar-refractivity contribution in [2.45, 2.75) is 50.1 Å². The van der Waals surface area contributed by atoms with Gasteiger partial charge in [-0.2, -0.15) is 18.2 Å². The lowest BCUT2D eigenvalue weighted by Gasteiger charge is -2.50. The number of carbonyl (C=O) groups is 5. The Balaban J connectivity index is 1.41. The van der Waals surface area contributed by atoms with Crippen LogP contribution in [0.4, 0.5) is 19.0 Å². The number of imide groups is 2. The van der Waals surface area contributed by atoms with E-state index in [1.54, 1.807) is 37.3 Å². The van der Waals surface area contributed by atoms with Crippen molar-refractivity contribution in [3.8, 4) is 11.5 Å². The Morgan fingerprint density at radius 3 is 2.44 bits per heavy atom. The molecule has 3 N–H and O–H groups in total.